The molecule has 1 rings (SSSR count). The standard InChI is InChI=1S/C14H28As2/c1-15(2,3,4)13-11-9-10-12-14(13)16(5,6,7)8/h9-12H,1-8H3. The van der Waals surface area contributed by atoms with Crippen molar-refractivity contribution in [3.8, 4) is 0 Å². The molecule has 0 aliphatic rings. The summed E-state index contributed by atoms with van der Waals surface area (Å²) in [6, 6.07) is 9.21. The van der Waals surface area contributed by atoms with Crippen LogP contribution in [-0.4, -0.2) is 24.9 Å². The molecule has 0 heterocycles. The fourth-order valence-electron chi connectivity index (χ4n) is 1.98. The van der Waals surface area contributed by atoms with Gasteiger partial charge < -0.3 is 0 Å². The molecule has 0 radical (unpaired) electrons. The molecule has 0 atom stereocenters. The third-order valence-electron chi connectivity index (χ3n) is 2.81. The Balaban J connectivity index is 3.59. The third kappa shape index (κ3) is 3.41. The van der Waals surface area contributed by atoms with E-state index in [1.54, 1.807) is 8.70 Å². The second-order valence-electron chi connectivity index (χ2n) is 8.64. The van der Waals surface area contributed by atoms with Crippen molar-refractivity contribution in [2.75, 3.05) is 0 Å². The molecule has 0 spiro atoms. The number of benzene rings is 1. The summed E-state index contributed by atoms with van der Waals surface area (Å²) in [5, 5.41) is 0. The van der Waals surface area contributed by atoms with Crippen molar-refractivity contribution in [1.29, 1.82) is 0 Å². The minimum absolute atomic E-state index is 1.70. The van der Waals surface area contributed by atoms with Crippen LogP contribution in [0.3, 0.4) is 0 Å². The van der Waals surface area contributed by atoms with Gasteiger partial charge in [0.2, 0.25) is 0 Å². The summed E-state index contributed by atoms with van der Waals surface area (Å²) >= 11 is -4.43. The zero-order valence-corrected chi connectivity index (χ0v) is 16.0. The first-order chi connectivity index (χ1) is 6.74. The van der Waals surface area contributed by atoms with Crippen LogP contribution in [-0.2, 0) is 0 Å². The Hall–Kier alpha value is 0.337. The van der Waals surface area contributed by atoms with Gasteiger partial charge in [0, 0.05) is 0 Å². The Bertz CT molecular complexity index is 354. The first kappa shape index (κ1) is 14.4. The van der Waals surface area contributed by atoms with E-state index in [1.807, 2.05) is 0 Å². The molecule has 0 nitrogen and oxygen atoms in total. The van der Waals surface area contributed by atoms with Crippen LogP contribution in [0.15, 0.2) is 24.3 Å². The molecule has 0 fully saturated rings. The van der Waals surface area contributed by atoms with Crippen molar-refractivity contribution >= 4 is 33.6 Å². The van der Waals surface area contributed by atoms with Gasteiger partial charge in [-0.3, -0.25) is 0 Å². The Kier molecular flexibility index (Phi) is 3.08. The summed E-state index contributed by atoms with van der Waals surface area (Å²) in [7, 11) is 0. The van der Waals surface area contributed by atoms with Crippen LogP contribution in [0, 0.1) is 0 Å². The summed E-state index contributed by atoms with van der Waals surface area (Å²) in [4.78, 5) is 0. The van der Waals surface area contributed by atoms with Crippen LogP contribution in [0.4, 0.5) is 0 Å². The zero-order chi connectivity index (χ0) is 12.9. The predicted octanol–water partition coefficient (Wildman–Crippen LogP) is 3.94. The Morgan fingerprint density at radius 3 is 1.00 bits per heavy atom. The first-order valence-corrected chi connectivity index (χ1v) is 22.7. The molecule has 1 aromatic rings. The molecule has 0 aromatic heterocycles. The number of hydrogen-bond donors (Lipinski definition) is 0. The Labute approximate surface area is 103 Å². The molecule has 0 aliphatic heterocycles. The fourth-order valence-corrected chi connectivity index (χ4v) is 17.7. The normalized spacial score (nSPS) is 18.2. The summed E-state index contributed by atoms with van der Waals surface area (Å²) in [5.41, 5.74) is 20.1. The maximum atomic E-state index is 2.51. The van der Waals surface area contributed by atoms with Crippen LogP contribution >= 0.6 is 0 Å². The molecule has 0 amide bonds. The SMILES string of the molecule is C[As](C)(C)(C)c1ccccc1[As](C)(C)(C)C. The molecule has 0 bridgehead atoms. The first-order valence-electron chi connectivity index (χ1n) is 5.85. The van der Waals surface area contributed by atoms with E-state index in [4.69, 9.17) is 0 Å². The fraction of sp³-hybridized carbons (Fsp3) is 0.571. The molecule has 0 aliphatic carbocycles. The van der Waals surface area contributed by atoms with Gasteiger partial charge in [0.15, 0.2) is 0 Å². The van der Waals surface area contributed by atoms with Gasteiger partial charge in [-0.15, -0.1) is 0 Å². The van der Waals surface area contributed by atoms with E-state index in [0.717, 1.165) is 0 Å². The van der Waals surface area contributed by atoms with Crippen LogP contribution in [0.1, 0.15) is 0 Å². The Morgan fingerprint density at radius 1 is 0.562 bits per heavy atom. The molecular formula is C14H28As2. The quantitative estimate of drug-likeness (QED) is 0.712. The van der Waals surface area contributed by atoms with Gasteiger partial charge in [0.05, 0.1) is 0 Å². The maximum absolute atomic E-state index is 2.51. The second kappa shape index (κ2) is 3.43. The zero-order valence-electron chi connectivity index (χ0n) is 12.2. The minimum atomic E-state index is -2.22. The van der Waals surface area contributed by atoms with E-state index < -0.39 is 24.9 Å². The van der Waals surface area contributed by atoms with E-state index in [0.29, 0.717) is 0 Å². The van der Waals surface area contributed by atoms with Gasteiger partial charge in [-0.05, 0) is 0 Å². The topological polar surface area (TPSA) is 0 Å². The summed E-state index contributed by atoms with van der Waals surface area (Å²) < 4.78 is 3.39. The van der Waals surface area contributed by atoms with Gasteiger partial charge in [0.1, 0.15) is 0 Å². The molecule has 0 saturated heterocycles. The van der Waals surface area contributed by atoms with Crippen molar-refractivity contribution < 1.29 is 0 Å². The van der Waals surface area contributed by atoms with Gasteiger partial charge in [-0.1, -0.05) is 0 Å². The molecule has 0 unspecified atom stereocenters. The van der Waals surface area contributed by atoms with Crippen LogP contribution in [0.5, 0.6) is 0 Å². The molecular weight excluding hydrogens is 318 g/mol. The number of hydrogen-bond acceptors (Lipinski definition) is 0. The van der Waals surface area contributed by atoms with Crippen molar-refractivity contribution in [3.05, 3.63) is 24.3 Å². The third-order valence-corrected chi connectivity index (χ3v) is 13.4. The average molecular weight is 346 g/mol. The van der Waals surface area contributed by atoms with Gasteiger partial charge >= 0.3 is 104 Å². The summed E-state index contributed by atoms with van der Waals surface area (Å²) in [6.07, 6.45) is 0. The van der Waals surface area contributed by atoms with Gasteiger partial charge in [-0.25, -0.2) is 0 Å². The molecule has 0 N–H and O–H groups in total. The molecule has 1 aromatic carbocycles. The second-order valence-corrected chi connectivity index (χ2v) is 40.7. The Morgan fingerprint density at radius 2 is 0.812 bits per heavy atom. The summed E-state index contributed by atoms with van der Waals surface area (Å²) in [5.74, 6) is 0. The van der Waals surface area contributed by atoms with Gasteiger partial charge in [0.25, 0.3) is 0 Å². The van der Waals surface area contributed by atoms with Crippen molar-refractivity contribution in [2.24, 2.45) is 0 Å². The molecule has 16 heavy (non-hydrogen) atoms. The van der Waals surface area contributed by atoms with Crippen molar-refractivity contribution in [2.45, 2.75) is 45.7 Å². The van der Waals surface area contributed by atoms with E-state index >= 15 is 0 Å². The van der Waals surface area contributed by atoms with Crippen molar-refractivity contribution in [1.82, 2.24) is 0 Å². The van der Waals surface area contributed by atoms with Crippen LogP contribution < -0.4 is 8.70 Å². The monoisotopic (exact) mass is 346 g/mol. The van der Waals surface area contributed by atoms with E-state index in [9.17, 15) is 0 Å². The van der Waals surface area contributed by atoms with Crippen LogP contribution in [0.25, 0.3) is 0 Å². The summed E-state index contributed by atoms with van der Waals surface area (Å²) in [6.45, 7) is 0. The molecule has 2 heteroatoms. The number of rotatable bonds is 2. The van der Waals surface area contributed by atoms with E-state index in [2.05, 4.69) is 70.0 Å². The predicted molar refractivity (Wildman–Crippen MR) is 84.1 cm³/mol. The molecule has 0 saturated carbocycles. The van der Waals surface area contributed by atoms with E-state index in [-0.39, 0.29) is 0 Å². The van der Waals surface area contributed by atoms with Crippen LogP contribution in [0.2, 0.25) is 45.7 Å². The average Bonchev–Trinajstić information content (AvgIpc) is 1.98. The van der Waals surface area contributed by atoms with Crippen molar-refractivity contribution in [3.63, 3.8) is 0 Å². The molecule has 94 valence electrons. The van der Waals surface area contributed by atoms with Gasteiger partial charge in [-0.2, -0.15) is 0 Å². The van der Waals surface area contributed by atoms with E-state index in [1.165, 1.54) is 0 Å².